The van der Waals surface area contributed by atoms with Crippen LogP contribution in [0.25, 0.3) is 0 Å². The number of unbranched alkanes of at least 4 members (excludes halogenated alkanes) is 3. The van der Waals surface area contributed by atoms with Crippen LogP contribution in [0.5, 0.6) is 0 Å². The van der Waals surface area contributed by atoms with Gasteiger partial charge in [-0.2, -0.15) is 0 Å². The van der Waals surface area contributed by atoms with Gasteiger partial charge in [-0.15, -0.1) is 0 Å². The number of ether oxygens (including phenoxy) is 1. The average Bonchev–Trinajstić information content (AvgIpc) is 2.34. The Kier molecular flexibility index (Phi) is 6.48. The number of esters is 1. The van der Waals surface area contributed by atoms with Gasteiger partial charge in [-0.05, 0) is 44.4 Å². The highest BCUT2D eigenvalue weighted by Gasteiger charge is 2.08. The van der Waals surface area contributed by atoms with Crippen molar-refractivity contribution in [1.82, 2.24) is 0 Å². The van der Waals surface area contributed by atoms with E-state index in [-0.39, 0.29) is 12.1 Å². The predicted octanol–water partition coefficient (Wildman–Crippen LogP) is 4.37. The maximum absolute atomic E-state index is 11.6. The fourth-order valence-corrected chi connectivity index (χ4v) is 1.85. The number of carbonyl (C=O) groups excluding carboxylic acids is 1. The summed E-state index contributed by atoms with van der Waals surface area (Å²) in [6.07, 6.45) is 6.11. The second-order valence-corrected chi connectivity index (χ2v) is 4.96. The first-order chi connectivity index (χ1) is 8.63. The van der Waals surface area contributed by atoms with Crippen LogP contribution in [0, 0.1) is 0 Å². The monoisotopic (exact) mass is 248 g/mol. The summed E-state index contributed by atoms with van der Waals surface area (Å²) in [6, 6.07) is 7.78. The fraction of sp³-hybridized carbons (Fsp3) is 0.562. The Bertz CT molecular complexity index is 352. The zero-order valence-electron chi connectivity index (χ0n) is 11.7. The standard InChI is InChI=1S/C16H24O2/c1-4-5-6-7-8-14-9-11-15(12-10-14)16(17)18-13(2)3/h9-13H,4-8H2,1-3H3. The van der Waals surface area contributed by atoms with Gasteiger partial charge in [-0.1, -0.05) is 38.3 Å². The largest absolute Gasteiger partial charge is 0.459 e. The molecule has 2 heteroatoms. The molecule has 1 aromatic rings. The second-order valence-electron chi connectivity index (χ2n) is 4.96. The van der Waals surface area contributed by atoms with Crippen LogP contribution in [0.2, 0.25) is 0 Å². The molecule has 100 valence electrons. The Hall–Kier alpha value is -1.31. The van der Waals surface area contributed by atoms with Gasteiger partial charge in [0.25, 0.3) is 0 Å². The van der Waals surface area contributed by atoms with Crippen LogP contribution in [0.15, 0.2) is 24.3 Å². The van der Waals surface area contributed by atoms with Crippen molar-refractivity contribution in [3.05, 3.63) is 35.4 Å². The van der Waals surface area contributed by atoms with E-state index < -0.39 is 0 Å². The van der Waals surface area contributed by atoms with Crippen molar-refractivity contribution < 1.29 is 9.53 Å². The minimum absolute atomic E-state index is 0.0637. The van der Waals surface area contributed by atoms with E-state index in [4.69, 9.17) is 4.74 Å². The summed E-state index contributed by atoms with van der Waals surface area (Å²) in [4.78, 5) is 11.6. The molecule has 0 aliphatic heterocycles. The zero-order chi connectivity index (χ0) is 13.4. The Balaban J connectivity index is 2.44. The molecule has 1 rings (SSSR count). The molecule has 0 bridgehead atoms. The summed E-state index contributed by atoms with van der Waals surface area (Å²) in [6.45, 7) is 5.94. The van der Waals surface area contributed by atoms with Crippen LogP contribution < -0.4 is 0 Å². The first kappa shape index (κ1) is 14.7. The Labute approximate surface area is 110 Å². The molecule has 0 saturated carbocycles. The van der Waals surface area contributed by atoms with Crippen molar-refractivity contribution >= 4 is 5.97 Å². The van der Waals surface area contributed by atoms with Gasteiger partial charge in [0.1, 0.15) is 0 Å². The summed E-state index contributed by atoms with van der Waals surface area (Å²) < 4.78 is 5.15. The zero-order valence-corrected chi connectivity index (χ0v) is 11.7. The second kappa shape index (κ2) is 7.91. The molecular formula is C16H24O2. The molecule has 0 spiro atoms. The van der Waals surface area contributed by atoms with Crippen LogP contribution >= 0.6 is 0 Å². The van der Waals surface area contributed by atoms with Gasteiger partial charge in [0.15, 0.2) is 0 Å². The minimum atomic E-state index is -0.234. The lowest BCUT2D eigenvalue weighted by Crippen LogP contribution is -2.11. The number of benzene rings is 1. The molecule has 0 heterocycles. The maximum atomic E-state index is 11.6. The highest BCUT2D eigenvalue weighted by molar-refractivity contribution is 5.89. The molecule has 0 atom stereocenters. The highest BCUT2D eigenvalue weighted by Crippen LogP contribution is 2.11. The Morgan fingerprint density at radius 2 is 1.78 bits per heavy atom. The van der Waals surface area contributed by atoms with Crippen molar-refractivity contribution in [2.45, 2.75) is 59.0 Å². The first-order valence-electron chi connectivity index (χ1n) is 6.93. The van der Waals surface area contributed by atoms with Gasteiger partial charge < -0.3 is 4.74 Å². The molecule has 0 aromatic heterocycles. The summed E-state index contributed by atoms with van der Waals surface area (Å²) in [5, 5.41) is 0. The lowest BCUT2D eigenvalue weighted by Gasteiger charge is -2.08. The maximum Gasteiger partial charge on any atom is 0.338 e. The number of rotatable bonds is 7. The quantitative estimate of drug-likeness (QED) is 0.529. The van der Waals surface area contributed by atoms with Crippen molar-refractivity contribution in [2.24, 2.45) is 0 Å². The molecular weight excluding hydrogens is 224 g/mol. The summed E-state index contributed by atoms with van der Waals surface area (Å²) in [7, 11) is 0. The van der Waals surface area contributed by atoms with E-state index >= 15 is 0 Å². The molecule has 0 radical (unpaired) electrons. The summed E-state index contributed by atoms with van der Waals surface area (Å²) >= 11 is 0. The van der Waals surface area contributed by atoms with Gasteiger partial charge >= 0.3 is 5.97 Å². The van der Waals surface area contributed by atoms with Crippen LogP contribution in [0.3, 0.4) is 0 Å². The van der Waals surface area contributed by atoms with Crippen molar-refractivity contribution in [3.8, 4) is 0 Å². The van der Waals surface area contributed by atoms with Gasteiger partial charge in [-0.3, -0.25) is 0 Å². The molecule has 0 aliphatic rings. The lowest BCUT2D eigenvalue weighted by atomic mass is 10.0. The third-order valence-electron chi connectivity index (χ3n) is 2.85. The average molecular weight is 248 g/mol. The van der Waals surface area contributed by atoms with E-state index in [0.29, 0.717) is 5.56 Å². The smallest absolute Gasteiger partial charge is 0.338 e. The lowest BCUT2D eigenvalue weighted by molar-refractivity contribution is 0.0378. The number of aryl methyl sites for hydroxylation is 1. The van der Waals surface area contributed by atoms with E-state index in [2.05, 4.69) is 6.92 Å². The van der Waals surface area contributed by atoms with Crippen LogP contribution in [-0.2, 0) is 11.2 Å². The third-order valence-corrected chi connectivity index (χ3v) is 2.85. The van der Waals surface area contributed by atoms with Crippen LogP contribution in [0.1, 0.15) is 62.4 Å². The number of hydrogen-bond donors (Lipinski definition) is 0. The van der Waals surface area contributed by atoms with E-state index in [1.54, 1.807) is 0 Å². The topological polar surface area (TPSA) is 26.3 Å². The molecule has 0 aliphatic carbocycles. The minimum Gasteiger partial charge on any atom is -0.459 e. The van der Waals surface area contributed by atoms with E-state index in [9.17, 15) is 4.79 Å². The summed E-state index contributed by atoms with van der Waals surface area (Å²) in [5.74, 6) is -0.234. The molecule has 0 unspecified atom stereocenters. The van der Waals surface area contributed by atoms with Gasteiger partial charge in [-0.25, -0.2) is 4.79 Å². The van der Waals surface area contributed by atoms with Gasteiger partial charge in [0, 0.05) is 0 Å². The van der Waals surface area contributed by atoms with Crippen LogP contribution in [-0.4, -0.2) is 12.1 Å². The first-order valence-corrected chi connectivity index (χ1v) is 6.93. The van der Waals surface area contributed by atoms with E-state index in [0.717, 1.165) is 6.42 Å². The van der Waals surface area contributed by atoms with Gasteiger partial charge in [0.2, 0.25) is 0 Å². The van der Waals surface area contributed by atoms with E-state index in [1.807, 2.05) is 38.1 Å². The summed E-state index contributed by atoms with van der Waals surface area (Å²) in [5.41, 5.74) is 1.94. The van der Waals surface area contributed by atoms with Crippen LogP contribution in [0.4, 0.5) is 0 Å². The predicted molar refractivity (Wildman–Crippen MR) is 74.8 cm³/mol. The molecule has 0 amide bonds. The van der Waals surface area contributed by atoms with Gasteiger partial charge in [0.05, 0.1) is 11.7 Å². The normalized spacial score (nSPS) is 10.7. The SMILES string of the molecule is CCCCCCc1ccc(C(=O)OC(C)C)cc1. The molecule has 18 heavy (non-hydrogen) atoms. The van der Waals surface area contributed by atoms with E-state index in [1.165, 1.54) is 31.2 Å². The fourth-order valence-electron chi connectivity index (χ4n) is 1.85. The Morgan fingerprint density at radius 3 is 2.33 bits per heavy atom. The molecule has 0 saturated heterocycles. The molecule has 1 aromatic carbocycles. The third kappa shape index (κ3) is 5.35. The molecule has 0 fully saturated rings. The Morgan fingerprint density at radius 1 is 1.11 bits per heavy atom. The van der Waals surface area contributed by atoms with Crippen molar-refractivity contribution in [3.63, 3.8) is 0 Å². The van der Waals surface area contributed by atoms with Crippen molar-refractivity contribution in [1.29, 1.82) is 0 Å². The molecule has 2 nitrogen and oxygen atoms in total. The number of hydrogen-bond acceptors (Lipinski definition) is 2. The molecule has 0 N–H and O–H groups in total. The highest BCUT2D eigenvalue weighted by atomic mass is 16.5. The number of carbonyl (C=O) groups is 1. The van der Waals surface area contributed by atoms with Crippen molar-refractivity contribution in [2.75, 3.05) is 0 Å².